The average molecular weight is 539 g/mol. The van der Waals surface area contributed by atoms with Crippen molar-refractivity contribution in [2.24, 2.45) is 0 Å². The number of nitrogens with zero attached hydrogens (tertiary/aromatic N) is 2. The summed E-state index contributed by atoms with van der Waals surface area (Å²) in [6.07, 6.45) is 3.01. The molecule has 2 amide bonds. The third-order valence-electron chi connectivity index (χ3n) is 7.50. The molecule has 0 spiro atoms. The zero-order chi connectivity index (χ0) is 27.7. The Bertz CT molecular complexity index is 1080. The lowest BCUT2D eigenvalue weighted by atomic mass is 9.88. The fraction of sp³-hybridized carbons (Fsp3) is 0.467. The van der Waals surface area contributed by atoms with E-state index in [0.717, 1.165) is 11.1 Å². The van der Waals surface area contributed by atoms with Gasteiger partial charge < -0.3 is 34.2 Å². The summed E-state index contributed by atoms with van der Waals surface area (Å²) in [4.78, 5) is 27.1. The Morgan fingerprint density at radius 3 is 1.62 bits per heavy atom. The molecule has 0 aromatic heterocycles. The Labute approximate surface area is 229 Å². The molecule has 1 unspecified atom stereocenters. The molecular weight excluding hydrogens is 500 g/mol. The van der Waals surface area contributed by atoms with Crippen LogP contribution in [-0.2, 0) is 27.4 Å². The number of rotatable bonds is 6. The van der Waals surface area contributed by atoms with Crippen LogP contribution in [0.4, 0.5) is 9.59 Å². The summed E-state index contributed by atoms with van der Waals surface area (Å²) in [5, 5.41) is 20.3. The molecule has 2 aromatic rings. The molecule has 3 aliphatic rings. The Balaban J connectivity index is 0.000000181. The van der Waals surface area contributed by atoms with Crippen molar-refractivity contribution in [1.82, 2.24) is 9.80 Å². The molecule has 3 fully saturated rings. The van der Waals surface area contributed by atoms with Gasteiger partial charge >= 0.3 is 12.2 Å². The number of carbonyl (C=O) groups is 2. The minimum atomic E-state index is -0.837. The quantitative estimate of drug-likeness (QED) is 0.424. The number of ether oxygens (including phenoxy) is 3. The average Bonchev–Trinajstić information content (AvgIpc) is 3.84. The van der Waals surface area contributed by atoms with Crippen LogP contribution in [0.25, 0.3) is 0 Å². The molecule has 5 rings (SSSR count). The largest absolute Gasteiger partial charge is 0.445 e. The van der Waals surface area contributed by atoms with Gasteiger partial charge in [0.05, 0.1) is 17.8 Å². The first kappa shape index (κ1) is 28.6. The van der Waals surface area contributed by atoms with Crippen molar-refractivity contribution in [1.29, 1.82) is 0 Å². The van der Waals surface area contributed by atoms with Crippen LogP contribution in [0.5, 0.6) is 0 Å². The van der Waals surface area contributed by atoms with E-state index in [2.05, 4.69) is 6.58 Å². The van der Waals surface area contributed by atoms with E-state index in [1.807, 2.05) is 60.7 Å². The molecular formula is C30H38N2O7. The summed E-state index contributed by atoms with van der Waals surface area (Å²) < 4.78 is 15.7. The molecule has 0 saturated carbocycles. The topological polar surface area (TPSA) is 112 Å². The maximum Gasteiger partial charge on any atom is 0.410 e. The van der Waals surface area contributed by atoms with Crippen molar-refractivity contribution in [2.75, 3.05) is 32.8 Å². The van der Waals surface area contributed by atoms with E-state index in [9.17, 15) is 19.8 Å². The van der Waals surface area contributed by atoms with Crippen LogP contribution in [0.15, 0.2) is 73.3 Å². The maximum atomic E-state index is 12.0. The van der Waals surface area contributed by atoms with Gasteiger partial charge in [0.25, 0.3) is 0 Å². The summed E-state index contributed by atoms with van der Waals surface area (Å²) in [5.74, 6) is 0. The Hall–Kier alpha value is -3.40. The number of benzene rings is 2. The highest BCUT2D eigenvalue weighted by Crippen LogP contribution is 2.34. The molecule has 9 nitrogen and oxygen atoms in total. The van der Waals surface area contributed by atoms with Gasteiger partial charge in [-0.15, -0.1) is 6.58 Å². The molecule has 0 aliphatic carbocycles. The molecule has 39 heavy (non-hydrogen) atoms. The molecule has 210 valence electrons. The smallest absolute Gasteiger partial charge is 0.410 e. The molecule has 3 saturated heterocycles. The highest BCUT2D eigenvalue weighted by Gasteiger charge is 2.47. The fourth-order valence-electron chi connectivity index (χ4n) is 4.66. The molecule has 3 heterocycles. The molecule has 9 heteroatoms. The summed E-state index contributed by atoms with van der Waals surface area (Å²) >= 11 is 0. The van der Waals surface area contributed by atoms with Crippen molar-refractivity contribution in [2.45, 2.75) is 56.2 Å². The van der Waals surface area contributed by atoms with Crippen LogP contribution in [0, 0.1) is 0 Å². The van der Waals surface area contributed by atoms with E-state index in [1.165, 1.54) is 0 Å². The molecule has 0 bridgehead atoms. The lowest BCUT2D eigenvalue weighted by Crippen LogP contribution is -2.49. The van der Waals surface area contributed by atoms with Crippen molar-refractivity contribution in [3.8, 4) is 0 Å². The highest BCUT2D eigenvalue weighted by molar-refractivity contribution is 5.68. The third-order valence-corrected chi connectivity index (χ3v) is 7.50. The van der Waals surface area contributed by atoms with E-state index in [4.69, 9.17) is 14.2 Å². The normalized spacial score (nSPS) is 21.1. The van der Waals surface area contributed by atoms with Crippen LogP contribution in [-0.4, -0.2) is 82.3 Å². The van der Waals surface area contributed by atoms with Crippen LogP contribution >= 0.6 is 0 Å². The van der Waals surface area contributed by atoms with Gasteiger partial charge in [0.1, 0.15) is 19.3 Å². The minimum absolute atomic E-state index is 0.0370. The zero-order valence-electron chi connectivity index (χ0n) is 22.2. The monoisotopic (exact) mass is 538 g/mol. The summed E-state index contributed by atoms with van der Waals surface area (Å²) in [6.45, 7) is 6.84. The van der Waals surface area contributed by atoms with Gasteiger partial charge in [-0.2, -0.15) is 0 Å². The van der Waals surface area contributed by atoms with E-state index in [-0.39, 0.29) is 31.5 Å². The van der Waals surface area contributed by atoms with E-state index in [1.54, 1.807) is 15.9 Å². The second-order valence-corrected chi connectivity index (χ2v) is 10.3. The number of carbonyl (C=O) groups excluding carboxylic acids is 2. The first-order valence-corrected chi connectivity index (χ1v) is 13.4. The minimum Gasteiger partial charge on any atom is -0.445 e. The van der Waals surface area contributed by atoms with Crippen LogP contribution < -0.4 is 0 Å². The lowest BCUT2D eigenvalue weighted by Gasteiger charge is -2.36. The number of hydrogen-bond acceptors (Lipinski definition) is 7. The molecule has 2 aromatic carbocycles. The van der Waals surface area contributed by atoms with Gasteiger partial charge in [0, 0.05) is 26.2 Å². The first-order chi connectivity index (χ1) is 18.8. The van der Waals surface area contributed by atoms with Crippen LogP contribution in [0.2, 0.25) is 0 Å². The molecule has 0 radical (unpaired) electrons. The highest BCUT2D eigenvalue weighted by atomic mass is 16.6. The number of amides is 2. The Kier molecular flexibility index (Phi) is 9.61. The zero-order valence-corrected chi connectivity index (χ0v) is 22.2. The fourth-order valence-corrected chi connectivity index (χ4v) is 4.66. The predicted molar refractivity (Wildman–Crippen MR) is 145 cm³/mol. The van der Waals surface area contributed by atoms with Gasteiger partial charge in [0.15, 0.2) is 0 Å². The van der Waals surface area contributed by atoms with Crippen molar-refractivity contribution < 1.29 is 34.0 Å². The number of aliphatic hydroxyl groups is 2. The standard InChI is InChI=1S/C15H19NO4.C15H19NO3/c17-14(20-10-12-4-2-1-3-5-12)16-8-6-15(18,7-9-16)13-11-19-13;1-2-15(18)8-10-16(11-9-15)14(17)19-12-13-6-4-3-5-7-13/h1-5,13,18H,6-11H2;2-7,18H,1,8-12H2. The van der Waals surface area contributed by atoms with E-state index in [0.29, 0.717) is 58.5 Å². The molecule has 3 aliphatic heterocycles. The maximum absolute atomic E-state index is 12.0. The second kappa shape index (κ2) is 13.1. The molecule has 2 N–H and O–H groups in total. The second-order valence-electron chi connectivity index (χ2n) is 10.3. The number of likely N-dealkylation sites (tertiary alicyclic amines) is 2. The third kappa shape index (κ3) is 8.29. The summed E-state index contributed by atoms with van der Waals surface area (Å²) in [6, 6.07) is 19.2. The van der Waals surface area contributed by atoms with Crippen molar-refractivity contribution in [3.63, 3.8) is 0 Å². The van der Waals surface area contributed by atoms with Gasteiger partial charge in [-0.25, -0.2) is 9.59 Å². The van der Waals surface area contributed by atoms with Crippen LogP contribution in [0.1, 0.15) is 36.8 Å². The van der Waals surface area contributed by atoms with Gasteiger partial charge in [0.2, 0.25) is 0 Å². The van der Waals surface area contributed by atoms with Crippen molar-refractivity contribution in [3.05, 3.63) is 84.4 Å². The van der Waals surface area contributed by atoms with Gasteiger partial charge in [-0.1, -0.05) is 66.7 Å². The lowest BCUT2D eigenvalue weighted by molar-refractivity contribution is -0.0401. The SMILES string of the molecule is C=CC1(O)CCN(C(=O)OCc2ccccc2)CC1.O=C(OCc1ccccc1)N1CCC(O)(C2CO2)CC1. The Morgan fingerprint density at radius 2 is 1.23 bits per heavy atom. The van der Waals surface area contributed by atoms with Gasteiger partial charge in [-0.05, 0) is 36.8 Å². The van der Waals surface area contributed by atoms with E-state index >= 15 is 0 Å². The van der Waals surface area contributed by atoms with Gasteiger partial charge in [-0.3, -0.25) is 0 Å². The Morgan fingerprint density at radius 1 is 0.821 bits per heavy atom. The number of hydrogen-bond donors (Lipinski definition) is 2. The first-order valence-electron chi connectivity index (χ1n) is 13.4. The number of piperidine rings is 2. The summed E-state index contributed by atoms with van der Waals surface area (Å²) in [7, 11) is 0. The number of epoxide rings is 1. The predicted octanol–water partition coefficient (Wildman–Crippen LogP) is 3.89. The molecule has 1 atom stereocenters. The van der Waals surface area contributed by atoms with Crippen molar-refractivity contribution >= 4 is 12.2 Å². The summed E-state index contributed by atoms with van der Waals surface area (Å²) in [5.41, 5.74) is 0.350. The van der Waals surface area contributed by atoms with E-state index < -0.39 is 11.2 Å². The van der Waals surface area contributed by atoms with Crippen LogP contribution in [0.3, 0.4) is 0 Å².